The van der Waals surface area contributed by atoms with Crippen LogP contribution in [0.25, 0.3) is 0 Å². The summed E-state index contributed by atoms with van der Waals surface area (Å²) < 4.78 is 33.9. The quantitative estimate of drug-likeness (QED) is 0.880. The third-order valence-electron chi connectivity index (χ3n) is 3.97. The van der Waals surface area contributed by atoms with Crippen molar-refractivity contribution in [3.05, 3.63) is 24.2 Å². The molecule has 0 aliphatic carbocycles. The molecule has 116 valence electrons. The Balaban J connectivity index is 1.81. The lowest BCUT2D eigenvalue weighted by atomic mass is 10.2. The lowest BCUT2D eigenvalue weighted by Crippen LogP contribution is -2.44. The molecule has 0 saturated carbocycles. The number of hydrogen-bond donors (Lipinski definition) is 1. The van der Waals surface area contributed by atoms with Gasteiger partial charge < -0.3 is 9.73 Å². The lowest BCUT2D eigenvalue weighted by molar-refractivity contribution is -0.120. The molecule has 3 rings (SSSR count). The van der Waals surface area contributed by atoms with Crippen LogP contribution < -0.4 is 5.32 Å². The number of rotatable bonds is 3. The van der Waals surface area contributed by atoms with Crippen molar-refractivity contribution in [2.75, 3.05) is 26.2 Å². The predicted octanol–water partition coefficient (Wildman–Crippen LogP) is 0.483. The molecular weight excluding hydrogens is 294 g/mol. The normalized spacial score (nSPS) is 25.7. The van der Waals surface area contributed by atoms with Crippen LogP contribution in [0.3, 0.4) is 0 Å². The minimum absolute atomic E-state index is 0.100. The SMILES string of the molecule is O=C1CCN(S(=O)(=O)N2CCC[C@@H]2c2ccco2)CCN1. The number of furan rings is 1. The highest BCUT2D eigenvalue weighted by Gasteiger charge is 2.40. The summed E-state index contributed by atoms with van der Waals surface area (Å²) in [7, 11) is -3.57. The molecule has 2 fully saturated rings. The number of nitrogens with zero attached hydrogens (tertiary/aromatic N) is 2. The van der Waals surface area contributed by atoms with Crippen LogP contribution in [0.4, 0.5) is 0 Å². The Kier molecular flexibility index (Phi) is 4.01. The molecule has 3 heterocycles. The molecule has 8 heteroatoms. The van der Waals surface area contributed by atoms with Crippen LogP contribution in [0.5, 0.6) is 0 Å². The van der Waals surface area contributed by atoms with E-state index in [4.69, 9.17) is 4.42 Å². The molecule has 2 aliphatic rings. The highest BCUT2D eigenvalue weighted by atomic mass is 32.2. The Morgan fingerprint density at radius 2 is 2.14 bits per heavy atom. The van der Waals surface area contributed by atoms with Crippen molar-refractivity contribution in [1.82, 2.24) is 13.9 Å². The maximum atomic E-state index is 12.8. The van der Waals surface area contributed by atoms with Crippen molar-refractivity contribution in [2.24, 2.45) is 0 Å². The fourth-order valence-electron chi connectivity index (χ4n) is 2.91. The summed E-state index contributed by atoms with van der Waals surface area (Å²) in [5.74, 6) is 0.580. The van der Waals surface area contributed by atoms with E-state index >= 15 is 0 Å². The molecule has 1 aromatic heterocycles. The van der Waals surface area contributed by atoms with Gasteiger partial charge in [0.2, 0.25) is 5.91 Å². The molecule has 0 aromatic carbocycles. The monoisotopic (exact) mass is 313 g/mol. The van der Waals surface area contributed by atoms with Crippen LogP contribution >= 0.6 is 0 Å². The Labute approximate surface area is 124 Å². The first-order valence-electron chi connectivity index (χ1n) is 7.16. The minimum atomic E-state index is -3.57. The lowest BCUT2D eigenvalue weighted by Gasteiger charge is -2.29. The largest absolute Gasteiger partial charge is 0.468 e. The van der Waals surface area contributed by atoms with Gasteiger partial charge in [-0.2, -0.15) is 17.0 Å². The molecule has 0 unspecified atom stereocenters. The average Bonchev–Trinajstić information content (AvgIpc) is 3.08. The van der Waals surface area contributed by atoms with E-state index in [-0.39, 0.29) is 24.9 Å². The molecule has 1 N–H and O–H groups in total. The van der Waals surface area contributed by atoms with Crippen LogP contribution in [-0.4, -0.2) is 49.1 Å². The minimum Gasteiger partial charge on any atom is -0.468 e. The smallest absolute Gasteiger partial charge is 0.282 e. The van der Waals surface area contributed by atoms with Gasteiger partial charge in [0.1, 0.15) is 5.76 Å². The third-order valence-corrected chi connectivity index (χ3v) is 6.02. The molecule has 2 saturated heterocycles. The molecule has 1 aromatic rings. The van der Waals surface area contributed by atoms with E-state index in [9.17, 15) is 13.2 Å². The van der Waals surface area contributed by atoms with Gasteiger partial charge in [0.15, 0.2) is 0 Å². The van der Waals surface area contributed by atoms with Gasteiger partial charge in [-0.3, -0.25) is 4.79 Å². The summed E-state index contributed by atoms with van der Waals surface area (Å²) in [6.07, 6.45) is 3.35. The topological polar surface area (TPSA) is 82.9 Å². The van der Waals surface area contributed by atoms with Crippen LogP contribution in [0.1, 0.15) is 31.1 Å². The van der Waals surface area contributed by atoms with Gasteiger partial charge in [0, 0.05) is 32.6 Å². The van der Waals surface area contributed by atoms with Gasteiger partial charge in [0.25, 0.3) is 10.2 Å². The number of amides is 1. The first kappa shape index (κ1) is 14.6. The van der Waals surface area contributed by atoms with Crippen LogP contribution in [0.15, 0.2) is 22.8 Å². The second-order valence-electron chi connectivity index (χ2n) is 5.29. The molecular formula is C13H19N3O4S. The van der Waals surface area contributed by atoms with E-state index in [0.717, 1.165) is 12.8 Å². The molecule has 0 radical (unpaired) electrons. The Morgan fingerprint density at radius 3 is 2.90 bits per heavy atom. The summed E-state index contributed by atoms with van der Waals surface area (Å²) >= 11 is 0. The van der Waals surface area contributed by atoms with Crippen molar-refractivity contribution in [3.8, 4) is 0 Å². The van der Waals surface area contributed by atoms with Gasteiger partial charge in [-0.25, -0.2) is 0 Å². The maximum absolute atomic E-state index is 12.8. The number of carbonyl (C=O) groups excluding carboxylic acids is 1. The fraction of sp³-hybridized carbons (Fsp3) is 0.615. The van der Waals surface area contributed by atoms with E-state index in [1.54, 1.807) is 12.3 Å². The molecule has 0 spiro atoms. The fourth-order valence-corrected chi connectivity index (χ4v) is 4.74. The molecule has 21 heavy (non-hydrogen) atoms. The van der Waals surface area contributed by atoms with Crippen LogP contribution in [0.2, 0.25) is 0 Å². The van der Waals surface area contributed by atoms with Crippen molar-refractivity contribution >= 4 is 16.1 Å². The zero-order valence-electron chi connectivity index (χ0n) is 11.7. The van der Waals surface area contributed by atoms with Crippen LogP contribution in [0, 0.1) is 0 Å². The molecule has 2 aliphatic heterocycles. The Hall–Kier alpha value is -1.38. The van der Waals surface area contributed by atoms with Gasteiger partial charge in [0.05, 0.1) is 12.3 Å². The molecule has 1 amide bonds. The third kappa shape index (κ3) is 2.83. The van der Waals surface area contributed by atoms with Crippen molar-refractivity contribution < 1.29 is 17.6 Å². The second kappa shape index (κ2) is 5.78. The number of carbonyl (C=O) groups is 1. The van der Waals surface area contributed by atoms with Crippen molar-refractivity contribution in [1.29, 1.82) is 0 Å². The second-order valence-corrected chi connectivity index (χ2v) is 7.17. The number of hydrogen-bond acceptors (Lipinski definition) is 4. The van der Waals surface area contributed by atoms with Crippen LogP contribution in [-0.2, 0) is 15.0 Å². The van der Waals surface area contributed by atoms with E-state index < -0.39 is 10.2 Å². The Bertz CT molecular complexity index is 599. The molecule has 7 nitrogen and oxygen atoms in total. The maximum Gasteiger partial charge on any atom is 0.282 e. The average molecular weight is 313 g/mol. The Morgan fingerprint density at radius 1 is 1.29 bits per heavy atom. The first-order valence-corrected chi connectivity index (χ1v) is 8.56. The molecule has 0 bridgehead atoms. The summed E-state index contributed by atoms with van der Waals surface area (Å²) in [5.41, 5.74) is 0. The summed E-state index contributed by atoms with van der Waals surface area (Å²) in [5, 5.41) is 2.69. The predicted molar refractivity (Wildman–Crippen MR) is 75.5 cm³/mol. The van der Waals surface area contributed by atoms with Gasteiger partial charge >= 0.3 is 0 Å². The summed E-state index contributed by atoms with van der Waals surface area (Å²) in [6.45, 7) is 1.40. The standard InChI is InChI=1S/C13H19N3O4S/c17-13-5-8-15(9-6-14-13)21(18,19)16-7-1-3-11(16)12-4-2-10-20-12/h2,4,10-11H,1,3,5-9H2,(H,14,17)/t11-/m1/s1. The number of nitrogens with one attached hydrogen (secondary N) is 1. The van der Waals surface area contributed by atoms with E-state index in [1.807, 2.05) is 6.07 Å². The first-order chi connectivity index (χ1) is 10.1. The highest BCUT2D eigenvalue weighted by Crippen LogP contribution is 2.35. The van der Waals surface area contributed by atoms with Crippen molar-refractivity contribution in [3.63, 3.8) is 0 Å². The zero-order valence-corrected chi connectivity index (χ0v) is 12.5. The molecule has 1 atom stereocenters. The van der Waals surface area contributed by atoms with Gasteiger partial charge in [-0.05, 0) is 25.0 Å². The van der Waals surface area contributed by atoms with Gasteiger partial charge in [-0.15, -0.1) is 0 Å². The summed E-state index contributed by atoms with van der Waals surface area (Å²) in [4.78, 5) is 11.4. The van der Waals surface area contributed by atoms with Gasteiger partial charge in [-0.1, -0.05) is 0 Å². The van der Waals surface area contributed by atoms with E-state index in [1.165, 1.54) is 8.61 Å². The van der Waals surface area contributed by atoms with E-state index in [2.05, 4.69) is 5.32 Å². The zero-order chi connectivity index (χ0) is 14.9. The summed E-state index contributed by atoms with van der Waals surface area (Å²) in [6, 6.07) is 3.34. The van der Waals surface area contributed by atoms with Crippen molar-refractivity contribution in [2.45, 2.75) is 25.3 Å². The highest BCUT2D eigenvalue weighted by molar-refractivity contribution is 7.86. The van der Waals surface area contributed by atoms with E-state index in [0.29, 0.717) is 25.4 Å².